The molecular weight excluding hydrogens is 190 g/mol. The van der Waals surface area contributed by atoms with E-state index in [9.17, 15) is 4.79 Å². The highest BCUT2D eigenvalue weighted by atomic mass is 32.1. The molecule has 0 bridgehead atoms. The van der Waals surface area contributed by atoms with Gasteiger partial charge in [0.05, 0.1) is 17.4 Å². The average molecular weight is 195 g/mol. The van der Waals surface area contributed by atoms with Crippen molar-refractivity contribution in [2.24, 2.45) is 0 Å². The first kappa shape index (κ1) is 7.93. The molecule has 0 saturated heterocycles. The minimum atomic E-state index is -1.06. The molecule has 2 N–H and O–H groups in total. The summed E-state index contributed by atoms with van der Waals surface area (Å²) in [7, 11) is 0. The number of aromatic nitrogens is 3. The lowest BCUT2D eigenvalue weighted by Gasteiger charge is -1.91. The van der Waals surface area contributed by atoms with Crippen molar-refractivity contribution in [2.45, 2.75) is 0 Å². The van der Waals surface area contributed by atoms with Gasteiger partial charge in [-0.05, 0) is 12.1 Å². The minimum Gasteiger partial charge on any atom is -0.476 e. The fourth-order valence-electron chi connectivity index (χ4n) is 0.983. The first-order valence-electron chi connectivity index (χ1n) is 3.48. The Morgan fingerprint density at radius 2 is 2.38 bits per heavy atom. The van der Waals surface area contributed by atoms with Crippen LogP contribution in [0, 0.1) is 0 Å². The van der Waals surface area contributed by atoms with Gasteiger partial charge in [0.25, 0.3) is 0 Å². The fourth-order valence-corrected chi connectivity index (χ4v) is 1.54. The zero-order chi connectivity index (χ0) is 9.26. The van der Waals surface area contributed by atoms with E-state index in [2.05, 4.69) is 13.7 Å². The van der Waals surface area contributed by atoms with Gasteiger partial charge in [0.15, 0.2) is 5.69 Å². The zero-order valence-electron chi connectivity index (χ0n) is 6.39. The summed E-state index contributed by atoms with van der Waals surface area (Å²) in [5, 5.41) is 8.74. The topological polar surface area (TPSA) is 78.9 Å². The van der Waals surface area contributed by atoms with Crippen molar-refractivity contribution in [2.75, 3.05) is 0 Å². The number of carboxylic acids is 1. The van der Waals surface area contributed by atoms with Crippen molar-refractivity contribution >= 4 is 17.7 Å². The third-order valence-corrected chi connectivity index (χ3v) is 2.07. The quantitative estimate of drug-likeness (QED) is 0.755. The molecule has 0 aromatic carbocycles. The molecule has 0 radical (unpaired) electrons. The molecular formula is C7H5N3O2S. The number of hydrogen-bond acceptors (Lipinski definition) is 4. The van der Waals surface area contributed by atoms with Crippen LogP contribution in [-0.2, 0) is 0 Å². The Kier molecular flexibility index (Phi) is 1.82. The van der Waals surface area contributed by atoms with Gasteiger partial charge in [0, 0.05) is 6.20 Å². The Hall–Kier alpha value is -1.69. The summed E-state index contributed by atoms with van der Waals surface area (Å²) < 4.78 is 7.58. The lowest BCUT2D eigenvalue weighted by molar-refractivity contribution is 0.0692. The highest BCUT2D eigenvalue weighted by molar-refractivity contribution is 6.99. The van der Waals surface area contributed by atoms with Gasteiger partial charge in [-0.25, -0.2) is 4.79 Å². The second kappa shape index (κ2) is 2.98. The molecule has 0 aliphatic carbocycles. The number of H-pyrrole nitrogens is 1. The second-order valence-corrected chi connectivity index (χ2v) is 2.88. The summed E-state index contributed by atoms with van der Waals surface area (Å²) in [4.78, 5) is 13.5. The summed E-state index contributed by atoms with van der Waals surface area (Å²) in [5.74, 6) is -1.06. The second-order valence-electron chi connectivity index (χ2n) is 2.35. The van der Waals surface area contributed by atoms with Crippen LogP contribution in [0.25, 0.3) is 11.4 Å². The van der Waals surface area contributed by atoms with Crippen LogP contribution in [0.15, 0.2) is 18.3 Å². The molecule has 0 aliphatic rings. The van der Waals surface area contributed by atoms with Crippen molar-refractivity contribution in [3.63, 3.8) is 0 Å². The molecule has 2 aromatic rings. The summed E-state index contributed by atoms with van der Waals surface area (Å²) in [6, 6.07) is 3.53. The van der Waals surface area contributed by atoms with Crippen LogP contribution in [-0.4, -0.2) is 24.8 Å². The van der Waals surface area contributed by atoms with Gasteiger partial charge in [-0.3, -0.25) is 0 Å². The molecule has 66 valence electrons. The maximum absolute atomic E-state index is 10.7. The molecule has 0 saturated carbocycles. The van der Waals surface area contributed by atoms with Gasteiger partial charge in [-0.2, -0.15) is 8.75 Å². The summed E-state index contributed by atoms with van der Waals surface area (Å²) in [6.07, 6.45) is 1.71. The summed E-state index contributed by atoms with van der Waals surface area (Å²) >= 11 is 0.892. The van der Waals surface area contributed by atoms with E-state index in [1.807, 2.05) is 0 Å². The number of aromatic carboxylic acids is 1. The largest absolute Gasteiger partial charge is 0.476 e. The molecule has 0 aliphatic heterocycles. The standard InChI is InChI=1S/C7H5N3O2S/c11-7(12)6-5(9-13-10-6)4-2-1-3-8-4/h1-3,8H,(H,11,12). The lowest BCUT2D eigenvalue weighted by atomic mass is 10.2. The Labute approximate surface area is 77.4 Å². The van der Waals surface area contributed by atoms with Gasteiger partial charge < -0.3 is 10.1 Å². The zero-order valence-corrected chi connectivity index (χ0v) is 7.21. The van der Waals surface area contributed by atoms with E-state index in [4.69, 9.17) is 5.11 Å². The van der Waals surface area contributed by atoms with Crippen LogP contribution in [0.2, 0.25) is 0 Å². The van der Waals surface area contributed by atoms with Crippen LogP contribution < -0.4 is 0 Å². The average Bonchev–Trinajstić information content (AvgIpc) is 2.74. The summed E-state index contributed by atoms with van der Waals surface area (Å²) in [5.41, 5.74) is 1.06. The number of carbonyl (C=O) groups is 1. The molecule has 0 spiro atoms. The molecule has 0 unspecified atom stereocenters. The van der Waals surface area contributed by atoms with Gasteiger partial charge in [-0.1, -0.05) is 0 Å². The van der Waals surface area contributed by atoms with E-state index in [0.29, 0.717) is 11.4 Å². The first-order chi connectivity index (χ1) is 6.29. The van der Waals surface area contributed by atoms with Crippen molar-refractivity contribution in [1.82, 2.24) is 13.7 Å². The third-order valence-electron chi connectivity index (χ3n) is 1.54. The number of carboxylic acid groups (broad SMARTS) is 1. The third kappa shape index (κ3) is 1.31. The number of nitrogens with one attached hydrogen (secondary N) is 1. The predicted molar refractivity (Wildman–Crippen MR) is 46.7 cm³/mol. The van der Waals surface area contributed by atoms with Gasteiger partial charge in [0.2, 0.25) is 0 Å². The van der Waals surface area contributed by atoms with E-state index < -0.39 is 5.97 Å². The van der Waals surface area contributed by atoms with Crippen LogP contribution in [0.1, 0.15) is 10.5 Å². The van der Waals surface area contributed by atoms with E-state index in [1.165, 1.54) is 0 Å². The Balaban J connectivity index is 2.52. The number of rotatable bonds is 2. The van der Waals surface area contributed by atoms with E-state index in [0.717, 1.165) is 11.7 Å². The first-order valence-corrected chi connectivity index (χ1v) is 4.21. The molecule has 0 amide bonds. The van der Waals surface area contributed by atoms with Crippen molar-refractivity contribution in [1.29, 1.82) is 0 Å². The summed E-state index contributed by atoms with van der Waals surface area (Å²) in [6.45, 7) is 0. The molecule has 2 heterocycles. The number of hydrogen-bond donors (Lipinski definition) is 2. The van der Waals surface area contributed by atoms with Crippen LogP contribution in [0.3, 0.4) is 0 Å². The predicted octanol–water partition coefficient (Wildman–Crippen LogP) is 1.23. The molecule has 2 rings (SSSR count). The lowest BCUT2D eigenvalue weighted by Crippen LogP contribution is -1.98. The Morgan fingerprint density at radius 3 is 3.00 bits per heavy atom. The van der Waals surface area contributed by atoms with Crippen LogP contribution >= 0.6 is 11.7 Å². The fraction of sp³-hybridized carbons (Fsp3) is 0. The van der Waals surface area contributed by atoms with Gasteiger partial charge in [-0.15, -0.1) is 0 Å². The smallest absolute Gasteiger partial charge is 0.358 e. The minimum absolute atomic E-state index is 0.00699. The van der Waals surface area contributed by atoms with Crippen LogP contribution in [0.5, 0.6) is 0 Å². The van der Waals surface area contributed by atoms with Gasteiger partial charge >= 0.3 is 5.97 Å². The molecule has 13 heavy (non-hydrogen) atoms. The molecule has 5 nitrogen and oxygen atoms in total. The van der Waals surface area contributed by atoms with Crippen molar-refractivity contribution in [3.05, 3.63) is 24.0 Å². The van der Waals surface area contributed by atoms with Crippen LogP contribution in [0.4, 0.5) is 0 Å². The van der Waals surface area contributed by atoms with Gasteiger partial charge in [0.1, 0.15) is 5.69 Å². The highest BCUT2D eigenvalue weighted by Crippen LogP contribution is 2.19. The van der Waals surface area contributed by atoms with Crippen molar-refractivity contribution < 1.29 is 9.90 Å². The van der Waals surface area contributed by atoms with E-state index in [-0.39, 0.29) is 5.69 Å². The van der Waals surface area contributed by atoms with Crippen molar-refractivity contribution in [3.8, 4) is 11.4 Å². The molecule has 6 heteroatoms. The van der Waals surface area contributed by atoms with E-state index in [1.54, 1.807) is 18.3 Å². The molecule has 2 aromatic heterocycles. The Morgan fingerprint density at radius 1 is 1.54 bits per heavy atom. The van der Waals surface area contributed by atoms with E-state index >= 15 is 0 Å². The molecule has 0 atom stereocenters. The monoisotopic (exact) mass is 195 g/mol. The maximum atomic E-state index is 10.7. The molecule has 0 fully saturated rings. The number of aromatic amines is 1. The normalized spacial score (nSPS) is 10.2. The number of nitrogens with zero attached hydrogens (tertiary/aromatic N) is 2. The highest BCUT2D eigenvalue weighted by Gasteiger charge is 2.16. The SMILES string of the molecule is O=C(O)c1nsnc1-c1ccc[nH]1. The maximum Gasteiger partial charge on any atom is 0.358 e. The Bertz CT molecular complexity index is 421.